The molecule has 0 radical (unpaired) electrons. The molecule has 146 valence electrons. The first-order valence-electron chi connectivity index (χ1n) is 9.30. The minimum atomic E-state index is 0.733. The third-order valence-electron chi connectivity index (χ3n) is 4.42. The molecule has 27 heavy (non-hydrogen) atoms. The molecule has 1 aromatic carbocycles. The molecule has 2 aromatic rings. The Labute approximate surface area is 171 Å². The fourth-order valence-electron chi connectivity index (χ4n) is 3.07. The second-order valence-electron chi connectivity index (χ2n) is 5.86. The van der Waals surface area contributed by atoms with E-state index in [2.05, 4.69) is 32.5 Å². The molecule has 1 fully saturated rings. The number of benzene rings is 1. The van der Waals surface area contributed by atoms with E-state index in [9.17, 15) is 0 Å². The zero-order valence-electron chi connectivity index (χ0n) is 16.5. The van der Waals surface area contributed by atoms with Crippen molar-refractivity contribution in [2.24, 2.45) is 0 Å². The fourth-order valence-corrected chi connectivity index (χ4v) is 4.11. The summed E-state index contributed by atoms with van der Waals surface area (Å²) in [7, 11) is 0. The summed E-state index contributed by atoms with van der Waals surface area (Å²) in [5.74, 6) is 0.751. The van der Waals surface area contributed by atoms with E-state index in [1.165, 1.54) is 30.8 Å². The highest BCUT2D eigenvalue weighted by Gasteiger charge is 2.21. The van der Waals surface area contributed by atoms with Crippen molar-refractivity contribution in [1.82, 2.24) is 9.97 Å². The first kappa shape index (κ1) is 21.6. The Hall–Kier alpha value is -1.73. The highest BCUT2D eigenvalue weighted by molar-refractivity contribution is 7.99. The van der Waals surface area contributed by atoms with E-state index in [4.69, 9.17) is 5.41 Å². The highest BCUT2D eigenvalue weighted by atomic mass is 32.2. The third kappa shape index (κ3) is 5.62. The van der Waals surface area contributed by atoms with Crippen molar-refractivity contribution in [3.05, 3.63) is 36.0 Å². The molecule has 0 bridgehead atoms. The molecule has 2 heterocycles. The molecule has 5 nitrogen and oxygen atoms in total. The lowest BCUT2D eigenvalue weighted by molar-refractivity contribution is 0.591. The first-order chi connectivity index (χ1) is 13.2. The molecule has 1 saturated heterocycles. The molecule has 0 spiro atoms. The normalized spacial score (nSPS) is 14.3. The maximum atomic E-state index is 7.93. The highest BCUT2D eigenvalue weighted by Crippen LogP contribution is 2.31. The molecule has 3 rings (SSSR count). The van der Waals surface area contributed by atoms with E-state index in [0.717, 1.165) is 46.3 Å². The lowest BCUT2D eigenvalue weighted by Gasteiger charge is -2.34. The van der Waals surface area contributed by atoms with Gasteiger partial charge in [0, 0.05) is 42.0 Å². The van der Waals surface area contributed by atoms with Crippen molar-refractivity contribution in [1.29, 1.82) is 5.41 Å². The zero-order valence-corrected chi connectivity index (χ0v) is 18.2. The van der Waals surface area contributed by atoms with E-state index in [-0.39, 0.29) is 0 Å². The maximum Gasteiger partial charge on any atom is 0.189 e. The fraction of sp³-hybridized carbons (Fsp3) is 0.450. The number of thioether (sulfide) groups is 2. The van der Waals surface area contributed by atoms with E-state index < -0.39 is 0 Å². The number of rotatable bonds is 6. The average Bonchev–Trinajstić information content (AvgIpc) is 2.75. The van der Waals surface area contributed by atoms with Gasteiger partial charge in [0.25, 0.3) is 0 Å². The summed E-state index contributed by atoms with van der Waals surface area (Å²) in [4.78, 5) is 11.1. The summed E-state index contributed by atoms with van der Waals surface area (Å²) in [6, 6.07) is 8.00. The van der Waals surface area contributed by atoms with Crippen LogP contribution in [0.2, 0.25) is 0 Å². The molecule has 1 aliphatic heterocycles. The van der Waals surface area contributed by atoms with Gasteiger partial charge in [-0.25, -0.2) is 9.97 Å². The van der Waals surface area contributed by atoms with Crippen molar-refractivity contribution in [3.8, 4) is 0 Å². The maximum absolute atomic E-state index is 7.93. The van der Waals surface area contributed by atoms with Crippen molar-refractivity contribution in [2.75, 3.05) is 35.8 Å². The van der Waals surface area contributed by atoms with Crippen LogP contribution in [0.3, 0.4) is 0 Å². The lowest BCUT2D eigenvalue weighted by atomic mass is 10.1. The van der Waals surface area contributed by atoms with Crippen molar-refractivity contribution >= 4 is 46.9 Å². The SMILES string of the molecule is CC.CSc1nccc(Nc2cccc(N3CCC(SC)CC3)c2C=N)n1. The number of hydrogen-bond acceptors (Lipinski definition) is 7. The van der Waals surface area contributed by atoms with Crippen LogP contribution in [0.15, 0.2) is 35.6 Å². The van der Waals surface area contributed by atoms with Gasteiger partial charge in [-0.1, -0.05) is 31.7 Å². The Morgan fingerprint density at radius 2 is 1.93 bits per heavy atom. The van der Waals surface area contributed by atoms with Crippen molar-refractivity contribution in [2.45, 2.75) is 37.1 Å². The van der Waals surface area contributed by atoms with Crippen LogP contribution in [-0.2, 0) is 0 Å². The van der Waals surface area contributed by atoms with Crippen LogP contribution >= 0.6 is 23.5 Å². The van der Waals surface area contributed by atoms with Gasteiger partial charge in [0.15, 0.2) is 5.16 Å². The minimum Gasteiger partial charge on any atom is -0.371 e. The summed E-state index contributed by atoms with van der Waals surface area (Å²) in [5, 5.41) is 12.8. The first-order valence-corrected chi connectivity index (χ1v) is 11.8. The molecular weight excluding hydrogens is 374 g/mol. The molecule has 0 saturated carbocycles. The van der Waals surface area contributed by atoms with Crippen LogP contribution in [0.1, 0.15) is 32.3 Å². The Morgan fingerprint density at radius 3 is 2.56 bits per heavy atom. The number of anilines is 3. The molecule has 0 unspecified atom stereocenters. The van der Waals surface area contributed by atoms with Gasteiger partial charge >= 0.3 is 0 Å². The van der Waals surface area contributed by atoms with Gasteiger partial charge in [-0.05, 0) is 43.6 Å². The second-order valence-corrected chi connectivity index (χ2v) is 7.77. The Balaban J connectivity index is 0.00000126. The molecule has 0 aliphatic carbocycles. The van der Waals surface area contributed by atoms with Crippen molar-refractivity contribution < 1.29 is 0 Å². The molecule has 2 N–H and O–H groups in total. The predicted molar refractivity (Wildman–Crippen MR) is 122 cm³/mol. The van der Waals surface area contributed by atoms with E-state index in [0.29, 0.717) is 0 Å². The summed E-state index contributed by atoms with van der Waals surface area (Å²) < 4.78 is 0. The summed E-state index contributed by atoms with van der Waals surface area (Å²) in [5.41, 5.74) is 2.94. The Bertz CT molecular complexity index is 730. The standard InChI is InChI=1S/C18H23N5S2.C2H6/c1-24-13-7-10-23(11-8-13)16-5-3-4-15(14(16)12-19)21-17-6-9-20-18(22-17)25-2;1-2/h3-6,9,12-13,19H,7-8,10-11H2,1-2H3,(H,20,21,22);1-2H3. The molecule has 1 aliphatic rings. The van der Waals surface area contributed by atoms with Crippen LogP contribution < -0.4 is 10.2 Å². The number of hydrogen-bond donors (Lipinski definition) is 2. The van der Waals surface area contributed by atoms with Crippen LogP contribution in [0.4, 0.5) is 17.2 Å². The number of aromatic nitrogens is 2. The van der Waals surface area contributed by atoms with Crippen LogP contribution in [0.25, 0.3) is 0 Å². The smallest absolute Gasteiger partial charge is 0.189 e. The number of nitrogens with zero attached hydrogens (tertiary/aromatic N) is 3. The van der Waals surface area contributed by atoms with Gasteiger partial charge < -0.3 is 15.6 Å². The average molecular weight is 404 g/mol. The monoisotopic (exact) mass is 403 g/mol. The van der Waals surface area contributed by atoms with Gasteiger partial charge in [0.2, 0.25) is 0 Å². The molecular formula is C20H29N5S2. The summed E-state index contributed by atoms with van der Waals surface area (Å²) in [6.45, 7) is 6.08. The number of nitrogens with one attached hydrogen (secondary N) is 2. The molecule has 0 atom stereocenters. The molecule has 7 heteroatoms. The predicted octanol–water partition coefficient (Wildman–Crippen LogP) is 5.30. The van der Waals surface area contributed by atoms with Gasteiger partial charge in [-0.3, -0.25) is 0 Å². The second kappa shape index (κ2) is 11.2. The van der Waals surface area contributed by atoms with Gasteiger partial charge in [-0.2, -0.15) is 11.8 Å². The summed E-state index contributed by atoms with van der Waals surface area (Å²) >= 11 is 3.48. The van der Waals surface area contributed by atoms with E-state index >= 15 is 0 Å². The Kier molecular flexibility index (Phi) is 8.94. The van der Waals surface area contributed by atoms with E-state index in [1.54, 1.807) is 6.20 Å². The Morgan fingerprint density at radius 1 is 1.19 bits per heavy atom. The molecule has 1 aromatic heterocycles. The van der Waals surface area contributed by atoms with E-state index in [1.807, 2.05) is 50.1 Å². The van der Waals surface area contributed by atoms with Gasteiger partial charge in [0.05, 0.1) is 5.69 Å². The van der Waals surface area contributed by atoms with Gasteiger partial charge in [-0.15, -0.1) is 0 Å². The van der Waals surface area contributed by atoms with Crippen LogP contribution in [0.5, 0.6) is 0 Å². The van der Waals surface area contributed by atoms with Crippen LogP contribution in [-0.4, -0.2) is 47.0 Å². The third-order valence-corrected chi connectivity index (χ3v) is 6.12. The largest absolute Gasteiger partial charge is 0.371 e. The summed E-state index contributed by atoms with van der Waals surface area (Å²) in [6.07, 6.45) is 9.73. The van der Waals surface area contributed by atoms with Gasteiger partial charge in [0.1, 0.15) is 5.82 Å². The zero-order chi connectivity index (χ0) is 19.6. The van der Waals surface area contributed by atoms with Crippen molar-refractivity contribution in [3.63, 3.8) is 0 Å². The van der Waals surface area contributed by atoms with Crippen LogP contribution in [0, 0.1) is 5.41 Å². The molecule has 0 amide bonds. The lowest BCUT2D eigenvalue weighted by Crippen LogP contribution is -2.35. The quantitative estimate of drug-likeness (QED) is 0.388. The number of piperidine rings is 1. The topological polar surface area (TPSA) is 64.9 Å². The minimum absolute atomic E-state index is 0.733.